The lowest BCUT2D eigenvalue weighted by atomic mass is 10.2. The molecule has 2 heterocycles. The van der Waals surface area contributed by atoms with Crippen LogP contribution >= 0.6 is 11.3 Å². The van der Waals surface area contributed by atoms with Crippen LogP contribution < -0.4 is 5.73 Å². The molecule has 0 aromatic carbocycles. The average Bonchev–Trinajstić information content (AvgIpc) is 2.77. The number of hydrogen-bond acceptors (Lipinski definition) is 4. The van der Waals surface area contributed by atoms with Crippen molar-refractivity contribution in [3.8, 4) is 0 Å². The summed E-state index contributed by atoms with van der Waals surface area (Å²) < 4.78 is 0.962. The highest BCUT2D eigenvalue weighted by molar-refractivity contribution is 7.21. The minimum Gasteiger partial charge on any atom is -0.396 e. The van der Waals surface area contributed by atoms with Crippen LogP contribution in [0.1, 0.15) is 36.9 Å². The van der Waals surface area contributed by atoms with Crippen LogP contribution in [0.2, 0.25) is 0 Å². The second kappa shape index (κ2) is 5.57. The van der Waals surface area contributed by atoms with Gasteiger partial charge in [-0.2, -0.15) is 0 Å². The number of carbonyl (C=O) groups is 1. The Morgan fingerprint density at radius 3 is 2.84 bits per heavy atom. The Morgan fingerprint density at radius 2 is 2.26 bits per heavy atom. The molecule has 2 rings (SSSR count). The average molecular weight is 277 g/mol. The smallest absolute Gasteiger partial charge is 0.266 e. The van der Waals surface area contributed by atoms with E-state index in [1.54, 1.807) is 6.20 Å². The summed E-state index contributed by atoms with van der Waals surface area (Å²) in [7, 11) is 0. The van der Waals surface area contributed by atoms with E-state index in [1.165, 1.54) is 11.3 Å². The van der Waals surface area contributed by atoms with Crippen LogP contribution in [-0.2, 0) is 0 Å². The summed E-state index contributed by atoms with van der Waals surface area (Å²) in [5.74, 6) is 0.0114. The highest BCUT2D eigenvalue weighted by atomic mass is 32.1. The summed E-state index contributed by atoms with van der Waals surface area (Å²) in [6, 6.07) is 4.02. The van der Waals surface area contributed by atoms with E-state index in [4.69, 9.17) is 5.73 Å². The third-order valence-corrected chi connectivity index (χ3v) is 4.55. The molecule has 2 aromatic heterocycles. The Bertz CT molecular complexity index is 593. The fraction of sp³-hybridized carbons (Fsp3) is 0.429. The zero-order chi connectivity index (χ0) is 14.0. The van der Waals surface area contributed by atoms with Crippen molar-refractivity contribution in [1.82, 2.24) is 9.88 Å². The zero-order valence-corrected chi connectivity index (χ0v) is 12.3. The maximum absolute atomic E-state index is 12.6. The van der Waals surface area contributed by atoms with Gasteiger partial charge in [-0.25, -0.2) is 0 Å². The minimum absolute atomic E-state index is 0.0114. The number of pyridine rings is 1. The van der Waals surface area contributed by atoms with Gasteiger partial charge in [-0.1, -0.05) is 6.92 Å². The van der Waals surface area contributed by atoms with E-state index in [0.29, 0.717) is 17.1 Å². The molecule has 0 bridgehead atoms. The number of nitrogen functional groups attached to an aromatic ring is 1. The molecular formula is C14H19N3OS. The summed E-state index contributed by atoms with van der Waals surface area (Å²) in [4.78, 5) is 19.3. The molecular weight excluding hydrogens is 258 g/mol. The van der Waals surface area contributed by atoms with Crippen molar-refractivity contribution in [3.05, 3.63) is 23.2 Å². The Morgan fingerprint density at radius 1 is 1.53 bits per heavy atom. The van der Waals surface area contributed by atoms with Crippen molar-refractivity contribution in [2.45, 2.75) is 33.2 Å². The van der Waals surface area contributed by atoms with E-state index in [1.807, 2.05) is 24.0 Å². The van der Waals surface area contributed by atoms with Gasteiger partial charge in [0, 0.05) is 18.8 Å². The number of thiophene rings is 1. The topological polar surface area (TPSA) is 59.2 Å². The molecule has 5 heteroatoms. The van der Waals surface area contributed by atoms with E-state index in [-0.39, 0.29) is 11.9 Å². The first-order valence-electron chi connectivity index (χ1n) is 6.54. The number of carbonyl (C=O) groups excluding carboxylic acids is 1. The lowest BCUT2D eigenvalue weighted by molar-refractivity contribution is 0.0706. The fourth-order valence-corrected chi connectivity index (χ4v) is 3.15. The normalized spacial score (nSPS) is 12.6. The Kier molecular flexibility index (Phi) is 4.04. The van der Waals surface area contributed by atoms with E-state index in [0.717, 1.165) is 16.6 Å². The van der Waals surface area contributed by atoms with Crippen molar-refractivity contribution >= 4 is 33.1 Å². The molecule has 102 valence electrons. The predicted octanol–water partition coefficient (Wildman–Crippen LogP) is 3.14. The van der Waals surface area contributed by atoms with Gasteiger partial charge in [0.15, 0.2) is 0 Å². The third-order valence-electron chi connectivity index (χ3n) is 3.40. The molecule has 1 amide bonds. The first-order chi connectivity index (χ1) is 9.10. The summed E-state index contributed by atoms with van der Waals surface area (Å²) in [5.41, 5.74) is 7.31. The largest absolute Gasteiger partial charge is 0.396 e. The van der Waals surface area contributed by atoms with Gasteiger partial charge in [0.2, 0.25) is 0 Å². The zero-order valence-electron chi connectivity index (χ0n) is 11.5. The number of aromatic nitrogens is 1. The maximum atomic E-state index is 12.6. The molecule has 0 aliphatic carbocycles. The van der Waals surface area contributed by atoms with Crippen LogP contribution in [-0.4, -0.2) is 28.4 Å². The monoisotopic (exact) mass is 277 g/mol. The van der Waals surface area contributed by atoms with Gasteiger partial charge in [-0.15, -0.1) is 11.3 Å². The number of fused-ring (bicyclic) bond motifs is 1. The lowest BCUT2D eigenvalue weighted by Gasteiger charge is -2.26. The van der Waals surface area contributed by atoms with E-state index in [9.17, 15) is 4.79 Å². The summed E-state index contributed by atoms with van der Waals surface area (Å²) in [5, 5.41) is 0. The Labute approximate surface area is 117 Å². The van der Waals surface area contributed by atoms with Gasteiger partial charge >= 0.3 is 0 Å². The number of rotatable bonds is 4. The molecule has 0 spiro atoms. The molecule has 0 fully saturated rings. The molecule has 1 atom stereocenters. The summed E-state index contributed by atoms with van der Waals surface area (Å²) in [6.45, 7) is 6.82. The van der Waals surface area contributed by atoms with E-state index >= 15 is 0 Å². The molecule has 0 saturated heterocycles. The van der Waals surface area contributed by atoms with Crippen LogP contribution in [0, 0.1) is 0 Å². The molecule has 0 saturated carbocycles. The van der Waals surface area contributed by atoms with Gasteiger partial charge in [-0.05, 0) is 32.4 Å². The predicted molar refractivity (Wildman–Crippen MR) is 80.5 cm³/mol. The Hall–Kier alpha value is -1.62. The summed E-state index contributed by atoms with van der Waals surface area (Å²) >= 11 is 1.42. The van der Waals surface area contributed by atoms with Crippen molar-refractivity contribution < 1.29 is 4.79 Å². The number of nitrogens with two attached hydrogens (primary N) is 1. The molecule has 0 aliphatic rings. The standard InChI is InChI=1S/C14H19N3OS/c1-4-9(3)17(5-2)14(18)13-11(15)12-10(19-13)7-6-8-16-12/h6-9H,4-5,15H2,1-3H3. The quantitative estimate of drug-likeness (QED) is 0.934. The number of hydrogen-bond donors (Lipinski definition) is 1. The molecule has 0 aliphatic heterocycles. The molecule has 1 unspecified atom stereocenters. The molecule has 19 heavy (non-hydrogen) atoms. The van der Waals surface area contributed by atoms with Crippen LogP contribution in [0.3, 0.4) is 0 Å². The highest BCUT2D eigenvalue weighted by Gasteiger charge is 2.24. The first kappa shape index (κ1) is 13.8. The van der Waals surface area contributed by atoms with Crippen molar-refractivity contribution in [2.24, 2.45) is 0 Å². The van der Waals surface area contributed by atoms with Crippen molar-refractivity contribution in [1.29, 1.82) is 0 Å². The van der Waals surface area contributed by atoms with Gasteiger partial charge in [-0.3, -0.25) is 9.78 Å². The van der Waals surface area contributed by atoms with Crippen LogP contribution in [0.25, 0.3) is 10.2 Å². The molecule has 4 nitrogen and oxygen atoms in total. The molecule has 2 N–H and O–H groups in total. The number of amides is 1. The summed E-state index contributed by atoms with van der Waals surface area (Å²) in [6.07, 6.45) is 2.63. The van der Waals surface area contributed by atoms with Gasteiger partial charge in [0.1, 0.15) is 10.4 Å². The third kappa shape index (κ3) is 2.42. The van der Waals surface area contributed by atoms with Gasteiger partial charge in [0.25, 0.3) is 5.91 Å². The number of anilines is 1. The second-order valence-electron chi connectivity index (χ2n) is 4.54. The van der Waals surface area contributed by atoms with Crippen LogP contribution in [0.15, 0.2) is 18.3 Å². The van der Waals surface area contributed by atoms with Crippen LogP contribution in [0.4, 0.5) is 5.69 Å². The highest BCUT2D eigenvalue weighted by Crippen LogP contribution is 2.33. The fourth-order valence-electron chi connectivity index (χ4n) is 2.11. The van der Waals surface area contributed by atoms with Crippen molar-refractivity contribution in [2.75, 3.05) is 12.3 Å². The van der Waals surface area contributed by atoms with Gasteiger partial charge < -0.3 is 10.6 Å². The molecule has 2 aromatic rings. The van der Waals surface area contributed by atoms with Gasteiger partial charge in [0.05, 0.1) is 10.4 Å². The SMILES string of the molecule is CCC(C)N(CC)C(=O)c1sc2cccnc2c1N. The number of nitrogens with zero attached hydrogens (tertiary/aromatic N) is 2. The first-order valence-corrected chi connectivity index (χ1v) is 7.35. The van der Waals surface area contributed by atoms with E-state index < -0.39 is 0 Å². The van der Waals surface area contributed by atoms with Crippen molar-refractivity contribution in [3.63, 3.8) is 0 Å². The second-order valence-corrected chi connectivity index (χ2v) is 5.60. The minimum atomic E-state index is 0.0114. The lowest BCUT2D eigenvalue weighted by Crippen LogP contribution is -2.37. The Balaban J connectivity index is 2.43. The molecule has 0 radical (unpaired) electrons. The maximum Gasteiger partial charge on any atom is 0.266 e. The van der Waals surface area contributed by atoms with E-state index in [2.05, 4.69) is 18.8 Å². The van der Waals surface area contributed by atoms with Crippen LogP contribution in [0.5, 0.6) is 0 Å².